The molecule has 63 heavy (non-hydrogen) atoms. The Bertz CT molecular complexity index is 1410. The number of hydrogen-bond donors (Lipinski definition) is 4. The van der Waals surface area contributed by atoms with Crippen LogP contribution in [0.5, 0.6) is 0 Å². The van der Waals surface area contributed by atoms with Crippen LogP contribution in [-0.2, 0) is 43.0 Å². The third-order valence-corrected chi connectivity index (χ3v) is 9.58. The Labute approximate surface area is 418 Å². The number of carbonyl (C=O) groups excluding carboxylic acids is 4. The molecule has 2 rings (SSSR count). The number of Topliss-reactive ketones (excluding diaryl/α,β-unsaturated/α-hetero) is 3. The quantitative estimate of drug-likeness (QED) is 0.0514. The minimum absolute atomic E-state index is 0.0174. The van der Waals surface area contributed by atoms with Crippen molar-refractivity contribution in [1.82, 2.24) is 0 Å². The molecule has 2 saturated heterocycles. The number of ketones is 4. The first-order valence-electron chi connectivity index (χ1n) is 21.5. The van der Waals surface area contributed by atoms with Crippen molar-refractivity contribution in [2.45, 2.75) is 190 Å². The van der Waals surface area contributed by atoms with Gasteiger partial charge in [0.1, 0.15) is 18.3 Å². The van der Waals surface area contributed by atoms with E-state index in [9.17, 15) is 34.5 Å². The molecule has 2 unspecified atom stereocenters. The predicted octanol–water partition coefficient (Wildman–Crippen LogP) is 10.4. The van der Waals surface area contributed by atoms with E-state index in [0.717, 1.165) is 0 Å². The van der Waals surface area contributed by atoms with Gasteiger partial charge in [-0.2, -0.15) is 0 Å². The van der Waals surface area contributed by atoms with Gasteiger partial charge in [0.2, 0.25) is 0 Å². The third kappa shape index (κ3) is 32.5. The molecule has 0 aliphatic carbocycles. The molecule has 0 bridgehead atoms. The van der Waals surface area contributed by atoms with E-state index in [2.05, 4.69) is 73.1 Å². The van der Waals surface area contributed by atoms with E-state index in [1.807, 2.05) is 75.3 Å². The van der Waals surface area contributed by atoms with Crippen LogP contribution in [0, 0.1) is 16.2 Å². The van der Waals surface area contributed by atoms with Crippen molar-refractivity contribution in [3.8, 4) is 0 Å². The zero-order chi connectivity index (χ0) is 49.8. The number of ether oxygens (including phenoxy) is 4. The summed E-state index contributed by atoms with van der Waals surface area (Å²) in [6.07, 6.45) is 11.1. The predicted molar refractivity (Wildman–Crippen MR) is 276 cm³/mol. The summed E-state index contributed by atoms with van der Waals surface area (Å²) in [6, 6.07) is 0. The molecule has 2 fully saturated rings. The van der Waals surface area contributed by atoms with Gasteiger partial charge in [0.05, 0.1) is 32.0 Å². The molecule has 0 amide bonds. The molecule has 0 aromatic rings. The van der Waals surface area contributed by atoms with Crippen LogP contribution >= 0.6 is 59.9 Å². The van der Waals surface area contributed by atoms with Crippen molar-refractivity contribution >= 4 is 83.1 Å². The second-order valence-corrected chi connectivity index (χ2v) is 53.8. The molecular formula is C47H82I3O12V. The Kier molecular flexibility index (Phi) is 36.8. The van der Waals surface area contributed by atoms with Gasteiger partial charge < -0.3 is 39.4 Å². The number of hydrogen-bond acceptors (Lipinski definition) is 12. The number of halogens is 3. The van der Waals surface area contributed by atoms with Gasteiger partial charge in [-0.3, -0.25) is 19.2 Å². The summed E-state index contributed by atoms with van der Waals surface area (Å²) in [6.45, 7) is 31.6. The van der Waals surface area contributed by atoms with E-state index in [1.165, 1.54) is 12.2 Å². The fourth-order valence-corrected chi connectivity index (χ4v) is 5.86. The van der Waals surface area contributed by atoms with Gasteiger partial charge in [0.15, 0.2) is 34.7 Å². The second-order valence-electron chi connectivity index (χ2n) is 18.4. The summed E-state index contributed by atoms with van der Waals surface area (Å²) in [5, 5.41) is 37.7. The first-order valence-corrected chi connectivity index (χ1v) is 35.0. The molecule has 2 aliphatic heterocycles. The molecule has 368 valence electrons. The number of allylic oxidation sites excluding steroid dienone is 4. The Balaban J connectivity index is -0.000000797. The first-order chi connectivity index (χ1) is 28.8. The van der Waals surface area contributed by atoms with Crippen molar-refractivity contribution in [1.29, 1.82) is 0 Å². The van der Waals surface area contributed by atoms with Crippen LogP contribution in [-0.4, -0.2) is 105 Å². The van der Waals surface area contributed by atoms with Crippen LogP contribution in [0.3, 0.4) is 0 Å². The van der Waals surface area contributed by atoms with E-state index < -0.39 is 47.5 Å². The first kappa shape index (κ1) is 67.4. The van der Waals surface area contributed by atoms with Crippen molar-refractivity contribution in [2.75, 3.05) is 19.8 Å². The minimum atomic E-state index is -1.18. The molecule has 0 aromatic heterocycles. The number of rotatable bonds is 20. The third-order valence-electron chi connectivity index (χ3n) is 9.58. The van der Waals surface area contributed by atoms with E-state index in [-0.39, 0.29) is 51.9 Å². The van der Waals surface area contributed by atoms with Crippen molar-refractivity contribution < 1.29 is 63.5 Å². The summed E-state index contributed by atoms with van der Waals surface area (Å²) >= 11 is 7.39. The van der Waals surface area contributed by atoms with Crippen molar-refractivity contribution in [3.05, 3.63) is 49.6 Å². The monoisotopic (exact) mass is 1270 g/mol. The Morgan fingerprint density at radius 1 is 0.714 bits per heavy atom. The van der Waals surface area contributed by atoms with E-state index in [1.54, 1.807) is 39.0 Å². The normalized spacial score (nSPS) is 21.0. The fourth-order valence-electron chi connectivity index (χ4n) is 5.86. The summed E-state index contributed by atoms with van der Waals surface area (Å²) < 4.78 is 22.8. The van der Waals surface area contributed by atoms with Crippen LogP contribution in [0.15, 0.2) is 49.6 Å². The average molecular weight is 1270 g/mol. The number of aliphatic hydroxyl groups is 4. The molecule has 5 atom stereocenters. The maximum atomic E-state index is 12.4. The van der Waals surface area contributed by atoms with Gasteiger partial charge in [-0.15, -0.1) is 13.2 Å². The van der Waals surface area contributed by atoms with Gasteiger partial charge in [-0.05, 0) is 86.6 Å². The maximum absolute atomic E-state index is 12.4. The molecule has 16 heteroatoms. The topological polar surface area (TPSA) is 186 Å². The van der Waals surface area contributed by atoms with Crippen molar-refractivity contribution in [3.63, 3.8) is 0 Å². The molecule has 2 aliphatic rings. The van der Waals surface area contributed by atoms with Gasteiger partial charge >= 0.3 is 64.9 Å². The Morgan fingerprint density at radius 2 is 1.11 bits per heavy atom. The fraction of sp³-hybridized carbons (Fsp3) is 0.745. The molecular weight excluding hydrogens is 1190 g/mol. The standard InChI is InChI=1S/C16H28O4.C15H26O4.C13H22O4.C3H6.3HI.V/c1-6-8-12(17)9-7-10-13(18)14-15(2,3)11-19-16(4,5)20-14;1-6-11(16)8-7-9-12(17)13-14(2,3)10-18-15(4,5)19-13;1-4-6-10(15)7-5-8-11(16)12(17)13(2,3)9-14;1-3-2;;;;/h6,8,12,14,17H,7,9-11H2,1-5H3;6,11,13,16H,1,7-10H2,2-5H3;4,6,12,14,17H,5,7-9H2,1-3H3;3H,1H2,2H3;3*1H;/q;;;;;;;+3/p-3/b8-6+;;6-4+;;;;;/t12?,14-;11?,13-;12-;;;;;/m000...../s1. The molecule has 4 N–H and O–H groups in total. The molecule has 2 heterocycles. The van der Waals surface area contributed by atoms with Gasteiger partial charge in [0.25, 0.3) is 0 Å². The van der Waals surface area contributed by atoms with E-state index >= 15 is 0 Å². The molecule has 0 aromatic carbocycles. The molecule has 0 spiro atoms. The van der Waals surface area contributed by atoms with Crippen LogP contribution in [0.25, 0.3) is 0 Å². The Hall–Kier alpha value is 0.0944. The Morgan fingerprint density at radius 3 is 1.46 bits per heavy atom. The summed E-state index contributed by atoms with van der Waals surface area (Å²) in [5.74, 6) is -1.58. The molecule has 12 nitrogen and oxygen atoms in total. The van der Waals surface area contributed by atoms with Gasteiger partial charge in [0, 0.05) is 41.9 Å². The molecule has 0 radical (unpaired) electrons. The zero-order valence-corrected chi connectivity index (χ0v) is 48.3. The number of carbonyl (C=O) groups is 4. The summed E-state index contributed by atoms with van der Waals surface area (Å²) in [7, 11) is 0. The van der Waals surface area contributed by atoms with Gasteiger partial charge in [-0.1, -0.05) is 71.9 Å². The van der Waals surface area contributed by atoms with Crippen LogP contribution < -0.4 is 0 Å². The zero-order valence-electron chi connectivity index (χ0n) is 40.4. The van der Waals surface area contributed by atoms with Crippen molar-refractivity contribution in [2.24, 2.45) is 16.2 Å². The number of aliphatic hydroxyl groups excluding tert-OH is 4. The van der Waals surface area contributed by atoms with Crippen LogP contribution in [0.1, 0.15) is 148 Å². The van der Waals surface area contributed by atoms with E-state index in [4.69, 9.17) is 24.1 Å². The summed E-state index contributed by atoms with van der Waals surface area (Å²) in [5.41, 5.74) is -1.46. The average Bonchev–Trinajstić information content (AvgIpc) is 3.17. The SMILES string of the molecule is C/C=C/C(=O)CCCC(=O)[C@H](O)C(C)(C)CO.C/C=C/C(O)CCCC(=O)[C@@H]1OC(C)(C)OCC1(C)C.C=CC.C=CC(O)CCCC(=O)[C@@H]1OC(C)(C)OCC1(C)C.[I][V]([I])[I]. The van der Waals surface area contributed by atoms with Crippen LogP contribution in [0.2, 0.25) is 0 Å². The molecule has 0 saturated carbocycles. The van der Waals surface area contributed by atoms with Gasteiger partial charge in [-0.25, -0.2) is 0 Å². The van der Waals surface area contributed by atoms with E-state index in [0.29, 0.717) is 64.6 Å². The summed E-state index contributed by atoms with van der Waals surface area (Å²) in [4.78, 5) is 47.1. The van der Waals surface area contributed by atoms with Crippen LogP contribution in [0.4, 0.5) is 0 Å². The second kappa shape index (κ2) is 34.4.